The van der Waals surface area contributed by atoms with E-state index in [9.17, 15) is 4.79 Å². The van der Waals surface area contributed by atoms with Crippen LogP contribution >= 0.6 is 0 Å². The van der Waals surface area contributed by atoms with Gasteiger partial charge in [0.05, 0.1) is 17.8 Å². The highest BCUT2D eigenvalue weighted by Gasteiger charge is 2.37. The van der Waals surface area contributed by atoms with Gasteiger partial charge in [-0.3, -0.25) is 9.78 Å². The molecule has 1 saturated heterocycles. The first-order valence-corrected chi connectivity index (χ1v) is 6.44. The number of carbonyl (C=O) groups excluding carboxylic acids is 1. The van der Waals surface area contributed by atoms with Gasteiger partial charge in [-0.15, -0.1) is 0 Å². The molecule has 1 N–H and O–H groups in total. The number of rotatable bonds is 3. The molecule has 18 heavy (non-hydrogen) atoms. The lowest BCUT2D eigenvalue weighted by Crippen LogP contribution is -2.51. The van der Waals surface area contributed by atoms with E-state index in [-0.39, 0.29) is 5.91 Å². The smallest absolute Gasteiger partial charge is 0.242 e. The summed E-state index contributed by atoms with van der Waals surface area (Å²) >= 11 is 0. The largest absolute Gasteiger partial charge is 0.338 e. The van der Waals surface area contributed by atoms with Crippen LogP contribution in [0.15, 0.2) is 18.2 Å². The van der Waals surface area contributed by atoms with E-state index in [4.69, 9.17) is 0 Å². The lowest BCUT2D eigenvalue weighted by atomic mass is 9.98. The molecule has 1 aliphatic rings. The molecule has 4 nitrogen and oxygen atoms in total. The highest BCUT2D eigenvalue weighted by Crippen LogP contribution is 2.21. The third kappa shape index (κ3) is 2.70. The van der Waals surface area contributed by atoms with Crippen LogP contribution in [-0.4, -0.2) is 34.9 Å². The van der Waals surface area contributed by atoms with Gasteiger partial charge in [0.15, 0.2) is 0 Å². The molecule has 0 bridgehead atoms. The summed E-state index contributed by atoms with van der Waals surface area (Å²) in [6.45, 7) is 5.45. The van der Waals surface area contributed by atoms with Gasteiger partial charge in [-0.1, -0.05) is 6.07 Å². The molecule has 1 atom stereocenters. The van der Waals surface area contributed by atoms with Crippen molar-refractivity contribution in [1.82, 2.24) is 15.2 Å². The van der Waals surface area contributed by atoms with Crippen molar-refractivity contribution >= 4 is 5.91 Å². The number of aromatic nitrogens is 1. The molecule has 0 saturated carbocycles. The quantitative estimate of drug-likeness (QED) is 0.880. The number of likely N-dealkylation sites (N-methyl/N-ethyl adjacent to an activating group) is 1. The van der Waals surface area contributed by atoms with Gasteiger partial charge in [-0.25, -0.2) is 0 Å². The summed E-state index contributed by atoms with van der Waals surface area (Å²) < 4.78 is 0. The molecule has 1 aromatic heterocycles. The van der Waals surface area contributed by atoms with Crippen molar-refractivity contribution < 1.29 is 4.79 Å². The summed E-state index contributed by atoms with van der Waals surface area (Å²) in [5.41, 5.74) is 1.53. The van der Waals surface area contributed by atoms with Gasteiger partial charge in [0.2, 0.25) is 5.91 Å². The minimum Gasteiger partial charge on any atom is -0.338 e. The summed E-state index contributed by atoms with van der Waals surface area (Å²) in [5.74, 6) is 0.156. The number of amides is 1. The molecule has 0 aromatic carbocycles. The second-order valence-corrected chi connectivity index (χ2v) is 5.29. The van der Waals surface area contributed by atoms with E-state index in [1.54, 1.807) is 4.90 Å². The number of hydrogen-bond acceptors (Lipinski definition) is 3. The van der Waals surface area contributed by atoms with Gasteiger partial charge < -0.3 is 10.2 Å². The average molecular weight is 247 g/mol. The lowest BCUT2D eigenvalue weighted by Gasteiger charge is -2.29. The zero-order chi connectivity index (χ0) is 13.2. The van der Waals surface area contributed by atoms with Crippen LogP contribution in [0.5, 0.6) is 0 Å². The molecule has 98 valence electrons. The van der Waals surface area contributed by atoms with E-state index >= 15 is 0 Å². The van der Waals surface area contributed by atoms with Crippen LogP contribution in [0.2, 0.25) is 0 Å². The number of carbonyl (C=O) groups is 1. The first-order chi connectivity index (χ1) is 8.51. The Morgan fingerprint density at radius 3 is 2.94 bits per heavy atom. The molecule has 0 spiro atoms. The first-order valence-electron chi connectivity index (χ1n) is 6.44. The normalized spacial score (nSPS) is 23.1. The number of aryl methyl sites for hydroxylation is 1. The molecule has 1 aliphatic heterocycles. The van der Waals surface area contributed by atoms with Gasteiger partial charge in [0.25, 0.3) is 0 Å². The van der Waals surface area contributed by atoms with Crippen LogP contribution < -0.4 is 5.32 Å². The van der Waals surface area contributed by atoms with Crippen molar-refractivity contribution in [3.05, 3.63) is 29.6 Å². The average Bonchev–Trinajstić information content (AvgIpc) is 2.76. The number of nitrogens with one attached hydrogen (secondary N) is 1. The Morgan fingerprint density at radius 1 is 1.56 bits per heavy atom. The van der Waals surface area contributed by atoms with E-state index < -0.39 is 5.54 Å². The summed E-state index contributed by atoms with van der Waals surface area (Å²) in [7, 11) is 1.84. The molecule has 2 heterocycles. The minimum absolute atomic E-state index is 0.156. The third-order valence-corrected chi connectivity index (χ3v) is 3.53. The summed E-state index contributed by atoms with van der Waals surface area (Å²) in [6, 6.07) is 5.90. The Labute approximate surface area is 108 Å². The van der Waals surface area contributed by atoms with Crippen molar-refractivity contribution in [2.24, 2.45) is 0 Å². The highest BCUT2D eigenvalue weighted by molar-refractivity contribution is 5.86. The number of hydrogen-bond donors (Lipinski definition) is 1. The summed E-state index contributed by atoms with van der Waals surface area (Å²) in [6.07, 6.45) is 1.98. The zero-order valence-electron chi connectivity index (χ0n) is 11.4. The van der Waals surface area contributed by atoms with Crippen molar-refractivity contribution in [3.8, 4) is 0 Å². The Morgan fingerprint density at radius 2 is 2.33 bits per heavy atom. The van der Waals surface area contributed by atoms with Gasteiger partial charge in [0.1, 0.15) is 0 Å². The topological polar surface area (TPSA) is 45.2 Å². The minimum atomic E-state index is -0.390. The van der Waals surface area contributed by atoms with Gasteiger partial charge in [-0.05, 0) is 45.4 Å². The van der Waals surface area contributed by atoms with Crippen molar-refractivity contribution in [2.75, 3.05) is 13.6 Å². The van der Waals surface area contributed by atoms with E-state index in [0.29, 0.717) is 6.54 Å². The second-order valence-electron chi connectivity index (χ2n) is 5.29. The molecule has 1 fully saturated rings. The zero-order valence-corrected chi connectivity index (χ0v) is 11.4. The standard InChI is InChI=1S/C14H21N3O/c1-11-6-4-7-12(16-11)10-17(3)13(18)14(2)8-5-9-15-14/h4,6-7,15H,5,8-10H2,1-3H3. The number of pyridine rings is 1. The molecule has 0 radical (unpaired) electrons. The van der Waals surface area contributed by atoms with Gasteiger partial charge in [0, 0.05) is 12.7 Å². The van der Waals surface area contributed by atoms with Crippen LogP contribution in [0, 0.1) is 6.92 Å². The van der Waals surface area contributed by atoms with E-state index in [1.165, 1.54) is 0 Å². The Bertz CT molecular complexity index is 438. The fourth-order valence-corrected chi connectivity index (χ4v) is 2.50. The maximum Gasteiger partial charge on any atom is 0.242 e. The molecule has 2 rings (SSSR count). The maximum atomic E-state index is 12.4. The van der Waals surface area contributed by atoms with Crippen molar-refractivity contribution in [1.29, 1.82) is 0 Å². The third-order valence-electron chi connectivity index (χ3n) is 3.53. The molecular weight excluding hydrogens is 226 g/mol. The summed E-state index contributed by atoms with van der Waals surface area (Å²) in [5, 5.41) is 3.30. The lowest BCUT2D eigenvalue weighted by molar-refractivity contribution is -0.136. The van der Waals surface area contributed by atoms with Gasteiger partial charge in [-0.2, -0.15) is 0 Å². The maximum absolute atomic E-state index is 12.4. The SMILES string of the molecule is Cc1cccc(CN(C)C(=O)C2(C)CCCN2)n1. The second kappa shape index (κ2) is 5.06. The molecular formula is C14H21N3O. The fraction of sp³-hybridized carbons (Fsp3) is 0.571. The molecule has 0 aliphatic carbocycles. The van der Waals surface area contributed by atoms with Crippen LogP contribution in [0.3, 0.4) is 0 Å². The predicted molar refractivity (Wildman–Crippen MR) is 71.1 cm³/mol. The monoisotopic (exact) mass is 247 g/mol. The first kappa shape index (κ1) is 13.0. The van der Waals surface area contributed by atoms with Crippen LogP contribution in [0.4, 0.5) is 0 Å². The van der Waals surface area contributed by atoms with E-state index in [2.05, 4.69) is 10.3 Å². The van der Waals surface area contributed by atoms with E-state index in [1.807, 2.05) is 39.1 Å². The van der Waals surface area contributed by atoms with Crippen molar-refractivity contribution in [2.45, 2.75) is 38.8 Å². The van der Waals surface area contributed by atoms with Crippen molar-refractivity contribution in [3.63, 3.8) is 0 Å². The predicted octanol–water partition coefficient (Wildman–Crippen LogP) is 1.49. The molecule has 1 amide bonds. The Hall–Kier alpha value is -1.42. The van der Waals surface area contributed by atoms with Gasteiger partial charge >= 0.3 is 0 Å². The molecule has 1 aromatic rings. The van der Waals surface area contributed by atoms with Crippen LogP contribution in [-0.2, 0) is 11.3 Å². The summed E-state index contributed by atoms with van der Waals surface area (Å²) in [4.78, 5) is 18.6. The Kier molecular flexibility index (Phi) is 3.66. The molecule has 1 unspecified atom stereocenters. The molecule has 4 heteroatoms. The highest BCUT2D eigenvalue weighted by atomic mass is 16.2. The fourth-order valence-electron chi connectivity index (χ4n) is 2.50. The van der Waals surface area contributed by atoms with E-state index in [0.717, 1.165) is 30.8 Å². The Balaban J connectivity index is 2.03. The number of nitrogens with zero attached hydrogens (tertiary/aromatic N) is 2. The van der Waals surface area contributed by atoms with Crippen LogP contribution in [0.1, 0.15) is 31.2 Å². The van der Waals surface area contributed by atoms with Crippen LogP contribution in [0.25, 0.3) is 0 Å².